The van der Waals surface area contributed by atoms with Crippen LogP contribution in [0.2, 0.25) is 0 Å². The molecule has 82 valence electrons. The summed E-state index contributed by atoms with van der Waals surface area (Å²) in [4.78, 5) is 5.00. The van der Waals surface area contributed by atoms with Crippen molar-refractivity contribution >= 4 is 0 Å². The summed E-state index contributed by atoms with van der Waals surface area (Å²) in [6, 6.07) is 3.77. The van der Waals surface area contributed by atoms with Crippen LogP contribution in [0.25, 0.3) is 0 Å². The molecule has 2 unspecified atom stereocenters. The van der Waals surface area contributed by atoms with E-state index < -0.39 is 0 Å². The summed E-state index contributed by atoms with van der Waals surface area (Å²) < 4.78 is 0. The fourth-order valence-electron chi connectivity index (χ4n) is 2.85. The second-order valence-corrected chi connectivity index (χ2v) is 4.49. The van der Waals surface area contributed by atoms with E-state index >= 15 is 0 Å². The topological polar surface area (TPSA) is 30.3 Å². The van der Waals surface area contributed by atoms with E-state index in [1.807, 2.05) is 13.0 Å². The maximum Gasteiger partial charge on any atom is 0.0957 e. The number of nitrogens with zero attached hydrogens (tertiary/aromatic N) is 3. The minimum absolute atomic E-state index is 0.755. The van der Waals surface area contributed by atoms with Crippen molar-refractivity contribution in [2.45, 2.75) is 32.4 Å². The van der Waals surface area contributed by atoms with E-state index in [0.29, 0.717) is 0 Å². The summed E-state index contributed by atoms with van der Waals surface area (Å²) in [5.74, 6) is 0. The van der Waals surface area contributed by atoms with Gasteiger partial charge in [0, 0.05) is 37.3 Å². The van der Waals surface area contributed by atoms with Gasteiger partial charge in [0.15, 0.2) is 0 Å². The molecule has 3 aliphatic rings. The van der Waals surface area contributed by atoms with E-state index in [1.165, 1.54) is 13.0 Å². The van der Waals surface area contributed by atoms with Gasteiger partial charge in [0.05, 0.1) is 6.07 Å². The summed E-state index contributed by atoms with van der Waals surface area (Å²) in [7, 11) is 0. The molecule has 3 heterocycles. The van der Waals surface area contributed by atoms with Crippen molar-refractivity contribution in [3.05, 3.63) is 11.6 Å². The average molecular weight is 205 g/mol. The van der Waals surface area contributed by atoms with Gasteiger partial charge in [-0.25, -0.2) is 0 Å². The number of fused-ring (bicyclic) bond motifs is 2. The summed E-state index contributed by atoms with van der Waals surface area (Å²) in [5, 5.41) is 8.88. The van der Waals surface area contributed by atoms with Gasteiger partial charge in [-0.05, 0) is 19.9 Å². The van der Waals surface area contributed by atoms with E-state index in [2.05, 4.69) is 22.8 Å². The van der Waals surface area contributed by atoms with Crippen molar-refractivity contribution in [1.82, 2.24) is 9.80 Å². The molecule has 0 amide bonds. The first-order valence-electron chi connectivity index (χ1n) is 5.81. The molecule has 0 aromatic rings. The first-order chi connectivity index (χ1) is 7.28. The molecule has 0 spiro atoms. The standard InChI is InChI=1S/C12H19N3/c1-3-10(6-13)7-14-8-11-5-12(9-14)15(11)4-2/h3,11-12H,4-5,7-9H2,1-2H3/b10-3+. The van der Waals surface area contributed by atoms with Crippen LogP contribution in [0.3, 0.4) is 0 Å². The van der Waals surface area contributed by atoms with Gasteiger partial charge >= 0.3 is 0 Å². The van der Waals surface area contributed by atoms with Crippen LogP contribution in [-0.4, -0.2) is 48.1 Å². The number of hydrogen-bond donors (Lipinski definition) is 0. The Morgan fingerprint density at radius 2 is 2.13 bits per heavy atom. The van der Waals surface area contributed by atoms with Gasteiger partial charge in [-0.15, -0.1) is 0 Å². The first kappa shape index (κ1) is 10.7. The molecule has 0 N–H and O–H groups in total. The van der Waals surface area contributed by atoms with Crippen molar-refractivity contribution in [1.29, 1.82) is 5.26 Å². The zero-order valence-corrected chi connectivity index (χ0v) is 9.61. The fraction of sp³-hybridized carbons (Fsp3) is 0.750. The lowest BCUT2D eigenvalue weighted by atomic mass is 9.87. The molecule has 3 aliphatic heterocycles. The van der Waals surface area contributed by atoms with E-state index in [0.717, 1.165) is 37.3 Å². The van der Waals surface area contributed by atoms with E-state index in [9.17, 15) is 0 Å². The summed E-state index contributed by atoms with van der Waals surface area (Å²) in [5.41, 5.74) is 0.902. The number of likely N-dealkylation sites (N-methyl/N-ethyl adjacent to an activating group) is 1. The van der Waals surface area contributed by atoms with E-state index in [-0.39, 0.29) is 0 Å². The van der Waals surface area contributed by atoms with Crippen LogP contribution in [0.5, 0.6) is 0 Å². The van der Waals surface area contributed by atoms with Crippen LogP contribution in [0, 0.1) is 11.3 Å². The zero-order chi connectivity index (χ0) is 10.8. The molecule has 0 aromatic carbocycles. The Morgan fingerprint density at radius 1 is 1.47 bits per heavy atom. The van der Waals surface area contributed by atoms with Crippen molar-refractivity contribution < 1.29 is 0 Å². The van der Waals surface area contributed by atoms with Gasteiger partial charge in [-0.1, -0.05) is 13.0 Å². The predicted octanol–water partition coefficient (Wildman–Crippen LogP) is 1.23. The molecule has 0 aromatic heterocycles. The highest BCUT2D eigenvalue weighted by Gasteiger charge is 2.43. The van der Waals surface area contributed by atoms with E-state index in [4.69, 9.17) is 5.26 Å². The molecular weight excluding hydrogens is 186 g/mol. The van der Waals surface area contributed by atoms with Crippen molar-refractivity contribution in [3.63, 3.8) is 0 Å². The summed E-state index contributed by atoms with van der Waals surface area (Å²) >= 11 is 0. The second kappa shape index (κ2) is 4.34. The number of hydrogen-bond acceptors (Lipinski definition) is 3. The Labute approximate surface area is 92.0 Å². The zero-order valence-electron chi connectivity index (χ0n) is 9.61. The third-order valence-corrected chi connectivity index (χ3v) is 3.67. The van der Waals surface area contributed by atoms with Crippen LogP contribution in [-0.2, 0) is 0 Å². The van der Waals surface area contributed by atoms with Gasteiger partial charge < -0.3 is 0 Å². The number of piperidine rings is 1. The summed E-state index contributed by atoms with van der Waals surface area (Å²) in [6.45, 7) is 8.49. The van der Waals surface area contributed by atoms with Gasteiger partial charge in [0.25, 0.3) is 0 Å². The molecule has 0 saturated carbocycles. The molecular formula is C12H19N3. The largest absolute Gasteiger partial charge is 0.295 e. The average Bonchev–Trinajstić information content (AvgIpc) is 2.26. The van der Waals surface area contributed by atoms with Crippen molar-refractivity contribution in [2.24, 2.45) is 0 Å². The van der Waals surface area contributed by atoms with Gasteiger partial charge in [0.1, 0.15) is 0 Å². The minimum atomic E-state index is 0.755. The van der Waals surface area contributed by atoms with Crippen LogP contribution in [0.15, 0.2) is 11.6 Å². The van der Waals surface area contributed by atoms with Gasteiger partial charge in [0.2, 0.25) is 0 Å². The Balaban J connectivity index is 1.87. The lowest BCUT2D eigenvalue weighted by molar-refractivity contribution is -0.0620. The molecule has 3 heteroatoms. The highest BCUT2D eigenvalue weighted by molar-refractivity contribution is 5.22. The SMILES string of the molecule is C/C=C(\C#N)CN1CC2CC(C1)N2CC. The molecule has 3 nitrogen and oxygen atoms in total. The smallest absolute Gasteiger partial charge is 0.0957 e. The molecule has 15 heavy (non-hydrogen) atoms. The lowest BCUT2D eigenvalue weighted by Crippen LogP contribution is -2.68. The van der Waals surface area contributed by atoms with Crippen LogP contribution in [0.4, 0.5) is 0 Å². The monoisotopic (exact) mass is 205 g/mol. The van der Waals surface area contributed by atoms with Crippen LogP contribution < -0.4 is 0 Å². The Bertz CT molecular complexity index is 290. The highest BCUT2D eigenvalue weighted by atomic mass is 15.3. The minimum Gasteiger partial charge on any atom is -0.295 e. The number of piperazine rings is 1. The molecule has 3 rings (SSSR count). The van der Waals surface area contributed by atoms with Crippen molar-refractivity contribution in [2.75, 3.05) is 26.2 Å². The number of nitriles is 1. The Kier molecular flexibility index (Phi) is 3.08. The molecule has 3 fully saturated rings. The third kappa shape index (κ3) is 1.92. The quantitative estimate of drug-likeness (QED) is 0.649. The van der Waals surface area contributed by atoms with Gasteiger partial charge in [-0.3, -0.25) is 9.80 Å². The number of allylic oxidation sites excluding steroid dienone is 1. The summed E-state index contributed by atoms with van der Waals surface area (Å²) in [6.07, 6.45) is 3.29. The normalized spacial score (nSPS) is 32.2. The fourth-order valence-corrected chi connectivity index (χ4v) is 2.85. The molecule has 0 aliphatic carbocycles. The lowest BCUT2D eigenvalue weighted by Gasteiger charge is -2.56. The Hall–Kier alpha value is -0.850. The first-order valence-corrected chi connectivity index (χ1v) is 5.81. The maximum atomic E-state index is 8.88. The highest BCUT2D eigenvalue weighted by Crippen LogP contribution is 2.31. The predicted molar refractivity (Wildman–Crippen MR) is 60.4 cm³/mol. The van der Waals surface area contributed by atoms with Gasteiger partial charge in [-0.2, -0.15) is 5.26 Å². The molecule has 2 atom stereocenters. The van der Waals surface area contributed by atoms with Crippen molar-refractivity contribution in [3.8, 4) is 6.07 Å². The molecule has 3 saturated heterocycles. The molecule has 0 radical (unpaired) electrons. The maximum absolute atomic E-state index is 8.88. The van der Waals surface area contributed by atoms with E-state index in [1.54, 1.807) is 0 Å². The number of rotatable bonds is 3. The Morgan fingerprint density at radius 3 is 2.60 bits per heavy atom. The second-order valence-electron chi connectivity index (χ2n) is 4.49. The van der Waals surface area contributed by atoms with Crippen LogP contribution in [0.1, 0.15) is 20.3 Å². The third-order valence-electron chi connectivity index (χ3n) is 3.67. The molecule has 2 bridgehead atoms. The van der Waals surface area contributed by atoms with Crippen LogP contribution >= 0.6 is 0 Å².